The smallest absolute Gasteiger partial charge is 0.236 e. The van der Waals surface area contributed by atoms with Crippen molar-refractivity contribution < 1.29 is 13.2 Å². The Morgan fingerprint density at radius 3 is 2.71 bits per heavy atom. The maximum Gasteiger partial charge on any atom is 0.236 e. The molecule has 96 valence electrons. The van der Waals surface area contributed by atoms with E-state index in [9.17, 15) is 8.42 Å². The van der Waals surface area contributed by atoms with Crippen LogP contribution in [-0.4, -0.2) is 37.4 Å². The van der Waals surface area contributed by atoms with E-state index in [-0.39, 0.29) is 28.6 Å². The van der Waals surface area contributed by atoms with Crippen molar-refractivity contribution in [3.8, 4) is 0 Å². The Kier molecular flexibility index (Phi) is 5.38. The van der Waals surface area contributed by atoms with Gasteiger partial charge in [-0.05, 0) is 18.5 Å². The largest absolute Gasteiger partial charge is 0.381 e. The van der Waals surface area contributed by atoms with Gasteiger partial charge < -0.3 is 4.74 Å². The van der Waals surface area contributed by atoms with E-state index in [4.69, 9.17) is 27.9 Å². The molecule has 0 saturated heterocycles. The first-order valence-electron chi connectivity index (χ1n) is 4.71. The zero-order valence-corrected chi connectivity index (χ0v) is 11.3. The number of anilines is 1. The molecule has 0 spiro atoms. The van der Waals surface area contributed by atoms with E-state index in [2.05, 4.69) is 14.7 Å². The summed E-state index contributed by atoms with van der Waals surface area (Å²) in [5, 5.41) is -0.0625. The molecule has 0 atom stereocenters. The van der Waals surface area contributed by atoms with E-state index in [0.29, 0.717) is 6.61 Å². The van der Waals surface area contributed by atoms with E-state index >= 15 is 0 Å². The summed E-state index contributed by atoms with van der Waals surface area (Å²) in [7, 11) is -3.52. The van der Waals surface area contributed by atoms with E-state index in [1.807, 2.05) is 0 Å². The van der Waals surface area contributed by atoms with Crippen LogP contribution in [0.4, 0.5) is 5.82 Å². The third-order valence-electron chi connectivity index (χ3n) is 1.63. The molecule has 0 aliphatic carbocycles. The quantitative estimate of drug-likeness (QED) is 0.490. The first-order valence-corrected chi connectivity index (χ1v) is 7.12. The minimum absolute atomic E-state index is 0.0338. The summed E-state index contributed by atoms with van der Waals surface area (Å²) < 4.78 is 30.3. The van der Waals surface area contributed by atoms with Gasteiger partial charge >= 0.3 is 0 Å². The summed E-state index contributed by atoms with van der Waals surface area (Å²) in [6.07, 6.45) is 0. The first kappa shape index (κ1) is 14.4. The van der Waals surface area contributed by atoms with Gasteiger partial charge in [0.25, 0.3) is 0 Å². The molecule has 0 aromatic carbocycles. The number of aromatic nitrogens is 2. The van der Waals surface area contributed by atoms with Gasteiger partial charge in [0.1, 0.15) is 11.0 Å². The summed E-state index contributed by atoms with van der Waals surface area (Å²) in [6, 6.07) is 1.27. The summed E-state index contributed by atoms with van der Waals surface area (Å²) >= 11 is 11.2. The van der Waals surface area contributed by atoms with Crippen LogP contribution in [0.1, 0.15) is 6.92 Å². The molecule has 6 nitrogen and oxygen atoms in total. The van der Waals surface area contributed by atoms with Gasteiger partial charge in [0.2, 0.25) is 15.3 Å². The van der Waals surface area contributed by atoms with Crippen molar-refractivity contribution in [3.63, 3.8) is 0 Å². The fraction of sp³-hybridized carbons (Fsp3) is 0.500. The van der Waals surface area contributed by atoms with E-state index < -0.39 is 10.0 Å². The van der Waals surface area contributed by atoms with Crippen LogP contribution in [0.5, 0.6) is 0 Å². The molecule has 1 heterocycles. The molecule has 9 heteroatoms. The molecule has 1 aromatic rings. The molecule has 0 amide bonds. The fourth-order valence-electron chi connectivity index (χ4n) is 0.966. The maximum atomic E-state index is 11.6. The van der Waals surface area contributed by atoms with Crippen LogP contribution in [0.2, 0.25) is 10.4 Å². The lowest BCUT2D eigenvalue weighted by molar-refractivity contribution is 0.163. The number of hydrogen-bond donors (Lipinski definition) is 1. The minimum atomic E-state index is -3.52. The molecule has 0 aliphatic heterocycles. The maximum absolute atomic E-state index is 11.6. The van der Waals surface area contributed by atoms with Gasteiger partial charge in [-0.25, -0.2) is 13.4 Å². The van der Waals surface area contributed by atoms with E-state index in [1.165, 1.54) is 6.07 Å². The molecule has 0 saturated carbocycles. The zero-order chi connectivity index (χ0) is 12.9. The molecule has 0 bridgehead atoms. The zero-order valence-electron chi connectivity index (χ0n) is 8.98. The van der Waals surface area contributed by atoms with Crippen molar-refractivity contribution in [1.82, 2.24) is 9.97 Å². The molecule has 1 aromatic heterocycles. The van der Waals surface area contributed by atoms with Gasteiger partial charge in [-0.3, -0.25) is 4.72 Å². The number of hydrogen-bond acceptors (Lipinski definition) is 5. The highest BCUT2D eigenvalue weighted by Gasteiger charge is 2.12. The van der Waals surface area contributed by atoms with Gasteiger partial charge in [0.05, 0.1) is 12.4 Å². The van der Waals surface area contributed by atoms with Crippen molar-refractivity contribution in [3.05, 3.63) is 16.5 Å². The third-order valence-corrected chi connectivity index (χ3v) is 3.22. The Labute approximate surface area is 109 Å². The lowest BCUT2D eigenvalue weighted by atomic mass is 10.6. The predicted octanol–water partition coefficient (Wildman–Crippen LogP) is 1.56. The minimum Gasteiger partial charge on any atom is -0.381 e. The first-order chi connectivity index (χ1) is 7.93. The SMILES string of the molecule is CCOCCS(=O)(=O)Nc1cc(Cl)nc(Cl)n1. The summed E-state index contributed by atoms with van der Waals surface area (Å²) in [5.74, 6) is -0.133. The normalized spacial score (nSPS) is 11.5. The Balaban J connectivity index is 2.69. The average Bonchev–Trinajstić information content (AvgIpc) is 2.14. The van der Waals surface area contributed by atoms with Crippen LogP contribution in [0.3, 0.4) is 0 Å². The van der Waals surface area contributed by atoms with Crippen LogP contribution in [0, 0.1) is 0 Å². The highest BCUT2D eigenvalue weighted by Crippen LogP contribution is 2.15. The monoisotopic (exact) mass is 299 g/mol. The predicted molar refractivity (Wildman–Crippen MR) is 66.0 cm³/mol. The van der Waals surface area contributed by atoms with E-state index in [1.54, 1.807) is 6.92 Å². The second kappa shape index (κ2) is 6.34. The molecule has 0 radical (unpaired) electrons. The van der Waals surface area contributed by atoms with Crippen molar-refractivity contribution >= 4 is 39.0 Å². The Morgan fingerprint density at radius 1 is 1.41 bits per heavy atom. The van der Waals surface area contributed by atoms with Crippen molar-refractivity contribution in [2.24, 2.45) is 0 Å². The van der Waals surface area contributed by atoms with Crippen molar-refractivity contribution in [2.45, 2.75) is 6.92 Å². The Bertz CT molecular complexity index is 461. The number of nitrogens with one attached hydrogen (secondary N) is 1. The van der Waals surface area contributed by atoms with Crippen LogP contribution < -0.4 is 4.72 Å². The molecule has 17 heavy (non-hydrogen) atoms. The lowest BCUT2D eigenvalue weighted by Gasteiger charge is -2.07. The molecule has 0 fully saturated rings. The van der Waals surface area contributed by atoms with Crippen LogP contribution in [-0.2, 0) is 14.8 Å². The third kappa shape index (κ3) is 5.49. The van der Waals surface area contributed by atoms with Gasteiger partial charge in [-0.1, -0.05) is 11.6 Å². The van der Waals surface area contributed by atoms with Crippen LogP contribution in [0.25, 0.3) is 0 Å². The Hall–Kier alpha value is -0.630. The standard InChI is InChI=1S/C8H11Cl2N3O3S/c1-2-16-3-4-17(14,15)13-7-5-6(9)11-8(10)12-7/h5H,2-4H2,1H3,(H,11,12,13). The van der Waals surface area contributed by atoms with E-state index in [0.717, 1.165) is 0 Å². The number of ether oxygens (including phenoxy) is 1. The average molecular weight is 300 g/mol. The number of nitrogens with zero attached hydrogens (tertiary/aromatic N) is 2. The second-order valence-corrected chi connectivity index (χ2v) is 5.53. The Morgan fingerprint density at radius 2 is 2.12 bits per heavy atom. The second-order valence-electron chi connectivity index (χ2n) is 2.96. The topological polar surface area (TPSA) is 81.2 Å². The van der Waals surface area contributed by atoms with Gasteiger partial charge in [0.15, 0.2) is 0 Å². The van der Waals surface area contributed by atoms with Gasteiger partial charge in [-0.2, -0.15) is 4.98 Å². The lowest BCUT2D eigenvalue weighted by Crippen LogP contribution is -2.20. The molecule has 1 N–H and O–H groups in total. The number of rotatable bonds is 6. The van der Waals surface area contributed by atoms with Gasteiger partial charge in [-0.15, -0.1) is 0 Å². The molecule has 0 aliphatic rings. The highest BCUT2D eigenvalue weighted by atomic mass is 35.5. The molecular formula is C8H11Cl2N3O3S. The molecule has 0 unspecified atom stereocenters. The summed E-state index contributed by atoms with van der Waals surface area (Å²) in [6.45, 7) is 2.35. The van der Waals surface area contributed by atoms with Gasteiger partial charge in [0, 0.05) is 12.7 Å². The number of halogens is 2. The molecule has 1 rings (SSSR count). The molecular weight excluding hydrogens is 289 g/mol. The van der Waals surface area contributed by atoms with Crippen molar-refractivity contribution in [2.75, 3.05) is 23.7 Å². The van der Waals surface area contributed by atoms with Crippen LogP contribution in [0.15, 0.2) is 6.07 Å². The summed E-state index contributed by atoms with van der Waals surface area (Å²) in [4.78, 5) is 7.29. The number of sulfonamides is 1. The van der Waals surface area contributed by atoms with Crippen LogP contribution >= 0.6 is 23.2 Å². The fourth-order valence-corrected chi connectivity index (χ4v) is 2.24. The highest BCUT2D eigenvalue weighted by molar-refractivity contribution is 7.92. The summed E-state index contributed by atoms with van der Waals surface area (Å²) in [5.41, 5.74) is 0. The van der Waals surface area contributed by atoms with Crippen molar-refractivity contribution in [1.29, 1.82) is 0 Å².